The Morgan fingerprint density at radius 2 is 1.97 bits per heavy atom. The normalized spacial score (nSPS) is 13.3. The zero-order chi connectivity index (χ0) is 25.2. The van der Waals surface area contributed by atoms with Gasteiger partial charge in [0.15, 0.2) is 0 Å². The van der Waals surface area contributed by atoms with Crippen molar-refractivity contribution in [3.8, 4) is 27.9 Å². The molecule has 10 heteroatoms. The van der Waals surface area contributed by atoms with Crippen molar-refractivity contribution in [2.45, 2.75) is 59.7 Å². The predicted molar refractivity (Wildman–Crippen MR) is 132 cm³/mol. The van der Waals surface area contributed by atoms with Gasteiger partial charge in [-0.1, -0.05) is 30.6 Å². The van der Waals surface area contributed by atoms with Crippen LogP contribution in [0.15, 0.2) is 16.7 Å². The molecule has 1 unspecified atom stereocenters. The van der Waals surface area contributed by atoms with E-state index in [1.165, 1.54) is 16.0 Å². The van der Waals surface area contributed by atoms with E-state index in [2.05, 4.69) is 37.8 Å². The number of nitrogens with two attached hydrogens (primary N) is 1. The molecule has 0 radical (unpaired) electrons. The van der Waals surface area contributed by atoms with Crippen molar-refractivity contribution in [2.24, 2.45) is 11.7 Å². The van der Waals surface area contributed by atoms with Crippen molar-refractivity contribution in [2.75, 3.05) is 6.61 Å². The Hall–Kier alpha value is -2.46. The lowest BCUT2D eigenvalue weighted by atomic mass is 9.99. The minimum Gasteiger partial charge on any atom is -0.489 e. The molecule has 3 rings (SSSR count). The lowest BCUT2D eigenvalue weighted by molar-refractivity contribution is -0.127. The van der Waals surface area contributed by atoms with Crippen LogP contribution in [0.4, 0.5) is 0 Å². The van der Waals surface area contributed by atoms with E-state index in [9.17, 15) is 15.0 Å². The lowest BCUT2D eigenvalue weighted by Gasteiger charge is -2.16. The highest BCUT2D eigenvalue weighted by atomic mass is 35.5. The fourth-order valence-corrected chi connectivity index (χ4v) is 5.13. The molecule has 0 saturated heterocycles. The molecule has 1 amide bonds. The second-order valence-electron chi connectivity index (χ2n) is 8.83. The molecule has 2 heterocycles. The maximum Gasteiger partial charge on any atom is 0.268 e. The Morgan fingerprint density at radius 1 is 1.26 bits per heavy atom. The number of carbonyl (C=O) groups is 1. The molecule has 0 saturated carbocycles. The monoisotopic (exact) mass is 507 g/mol. The summed E-state index contributed by atoms with van der Waals surface area (Å²) in [5.74, 6) is 0.914. The third-order valence-electron chi connectivity index (χ3n) is 5.44. The smallest absolute Gasteiger partial charge is 0.268 e. The van der Waals surface area contributed by atoms with E-state index < -0.39 is 18.1 Å². The van der Waals surface area contributed by atoms with Gasteiger partial charge in [-0.3, -0.25) is 4.79 Å². The number of hydrogen-bond donors (Lipinski definition) is 3. The average Bonchev–Trinajstić information content (AvgIpc) is 3.33. The van der Waals surface area contributed by atoms with Crippen LogP contribution in [0.5, 0.6) is 5.75 Å². The Labute approximate surface area is 207 Å². The first kappa shape index (κ1) is 26.2. The summed E-state index contributed by atoms with van der Waals surface area (Å²) in [6, 6.07) is 3.48. The molecule has 0 fully saturated rings. The summed E-state index contributed by atoms with van der Waals surface area (Å²) in [5.41, 5.74) is 8.89. The van der Waals surface area contributed by atoms with Crippen LogP contribution in [0.3, 0.4) is 0 Å². The standard InChI is InChI=1S/C24H30ClN3O5S/c1-11(2)6-17-13(4)21(34-14(17)5)24-27-23(28-33-24)15-7-12(3)20(18(25)8-15)32-10-16(29)9-19(30)22(26)31/h7-8,11,16,19,29-30H,6,9-10H2,1-5H3,(H2,26,31)/t16-,19?/m0/s1. The molecule has 8 nitrogen and oxygen atoms in total. The van der Waals surface area contributed by atoms with Crippen LogP contribution in [0.25, 0.3) is 22.2 Å². The molecule has 0 aliphatic carbocycles. The number of hydrogen-bond acceptors (Lipinski definition) is 8. The Morgan fingerprint density at radius 3 is 2.59 bits per heavy atom. The summed E-state index contributed by atoms with van der Waals surface area (Å²) in [6.07, 6.45) is -1.75. The van der Waals surface area contributed by atoms with E-state index in [0.717, 1.165) is 11.3 Å². The summed E-state index contributed by atoms with van der Waals surface area (Å²) in [6.45, 7) is 10.2. The zero-order valence-electron chi connectivity index (χ0n) is 19.9. The summed E-state index contributed by atoms with van der Waals surface area (Å²) in [7, 11) is 0. The van der Waals surface area contributed by atoms with Gasteiger partial charge in [0.05, 0.1) is 16.0 Å². The second-order valence-corrected chi connectivity index (χ2v) is 10.5. The van der Waals surface area contributed by atoms with Crippen LogP contribution >= 0.6 is 22.9 Å². The molecule has 0 bridgehead atoms. The van der Waals surface area contributed by atoms with Gasteiger partial charge in [-0.05, 0) is 61.9 Å². The van der Waals surface area contributed by atoms with Crippen LogP contribution in [-0.2, 0) is 11.2 Å². The number of aliphatic hydroxyl groups excluding tert-OH is 2. The van der Waals surface area contributed by atoms with E-state index in [4.69, 9.17) is 26.6 Å². The van der Waals surface area contributed by atoms with Crippen LogP contribution in [0, 0.1) is 26.7 Å². The predicted octanol–water partition coefficient (Wildman–Crippen LogP) is 4.22. The third-order valence-corrected chi connectivity index (χ3v) is 6.96. The first-order chi connectivity index (χ1) is 16.0. The van der Waals surface area contributed by atoms with Crippen molar-refractivity contribution in [1.82, 2.24) is 10.1 Å². The minimum atomic E-state index is -1.44. The number of benzene rings is 1. The highest BCUT2D eigenvalue weighted by Crippen LogP contribution is 2.38. The fourth-order valence-electron chi connectivity index (χ4n) is 3.70. The van der Waals surface area contributed by atoms with E-state index in [-0.39, 0.29) is 13.0 Å². The van der Waals surface area contributed by atoms with Crippen LogP contribution in [0.1, 0.15) is 41.8 Å². The van der Waals surface area contributed by atoms with Gasteiger partial charge in [-0.15, -0.1) is 11.3 Å². The van der Waals surface area contributed by atoms with E-state index in [1.54, 1.807) is 24.3 Å². The number of ether oxygens (including phenoxy) is 1. The number of nitrogens with zero attached hydrogens (tertiary/aromatic N) is 2. The van der Waals surface area contributed by atoms with Crippen LogP contribution in [-0.4, -0.2) is 45.1 Å². The first-order valence-corrected chi connectivity index (χ1v) is 12.2. The number of thiophene rings is 1. The molecule has 0 aliphatic rings. The Balaban J connectivity index is 1.78. The van der Waals surface area contributed by atoms with Crippen molar-refractivity contribution in [3.63, 3.8) is 0 Å². The molecular formula is C24H30ClN3O5S. The molecule has 0 aliphatic heterocycles. The molecule has 2 atom stereocenters. The fraction of sp³-hybridized carbons (Fsp3) is 0.458. The van der Waals surface area contributed by atoms with E-state index >= 15 is 0 Å². The first-order valence-electron chi connectivity index (χ1n) is 11.0. The van der Waals surface area contributed by atoms with E-state index in [1.807, 2.05) is 6.07 Å². The number of amides is 1. The van der Waals surface area contributed by atoms with Crippen molar-refractivity contribution < 1.29 is 24.3 Å². The molecule has 2 aromatic heterocycles. The van der Waals surface area contributed by atoms with Gasteiger partial charge in [-0.25, -0.2) is 0 Å². The highest BCUT2D eigenvalue weighted by Gasteiger charge is 2.22. The number of rotatable bonds is 10. The number of aliphatic hydroxyl groups is 2. The second kappa shape index (κ2) is 10.9. The molecule has 0 spiro atoms. The Bertz CT molecular complexity index is 1150. The molecule has 34 heavy (non-hydrogen) atoms. The quantitative estimate of drug-likeness (QED) is 0.374. The molecule has 1 aromatic carbocycles. The summed E-state index contributed by atoms with van der Waals surface area (Å²) in [4.78, 5) is 17.8. The SMILES string of the molecule is Cc1cc(-c2noc(-c3sc(C)c(CC(C)C)c3C)n2)cc(Cl)c1OC[C@@H](O)CC(O)C(N)=O. The third kappa shape index (κ3) is 5.96. The molecular weight excluding hydrogens is 478 g/mol. The van der Waals surface area contributed by atoms with Gasteiger partial charge in [0, 0.05) is 16.9 Å². The number of primary amides is 1. The number of aromatic nitrogens is 2. The minimum absolute atomic E-state index is 0.160. The van der Waals surface area contributed by atoms with Gasteiger partial charge >= 0.3 is 0 Å². The molecule has 4 N–H and O–H groups in total. The van der Waals surface area contributed by atoms with Gasteiger partial charge in [0.25, 0.3) is 5.89 Å². The lowest BCUT2D eigenvalue weighted by Crippen LogP contribution is -2.33. The van der Waals surface area contributed by atoms with Gasteiger partial charge < -0.3 is 25.2 Å². The maximum atomic E-state index is 10.9. The summed E-state index contributed by atoms with van der Waals surface area (Å²) < 4.78 is 11.2. The zero-order valence-corrected chi connectivity index (χ0v) is 21.5. The van der Waals surface area contributed by atoms with Crippen molar-refractivity contribution in [1.29, 1.82) is 0 Å². The van der Waals surface area contributed by atoms with Crippen LogP contribution < -0.4 is 10.5 Å². The van der Waals surface area contributed by atoms with E-state index in [0.29, 0.717) is 39.5 Å². The topological polar surface area (TPSA) is 132 Å². The maximum absolute atomic E-state index is 10.9. The number of halogens is 1. The van der Waals surface area contributed by atoms with Crippen molar-refractivity contribution >= 4 is 28.8 Å². The van der Waals surface area contributed by atoms with Gasteiger partial charge in [0.1, 0.15) is 18.5 Å². The van der Waals surface area contributed by atoms with Crippen LogP contribution in [0.2, 0.25) is 5.02 Å². The molecule has 184 valence electrons. The summed E-state index contributed by atoms with van der Waals surface area (Å²) >= 11 is 8.09. The average molecular weight is 508 g/mol. The van der Waals surface area contributed by atoms with Crippen molar-refractivity contribution in [3.05, 3.63) is 38.7 Å². The molecule has 3 aromatic rings. The van der Waals surface area contributed by atoms with Gasteiger partial charge in [-0.2, -0.15) is 4.98 Å². The number of aryl methyl sites for hydroxylation is 2. The van der Waals surface area contributed by atoms with Gasteiger partial charge in [0.2, 0.25) is 11.7 Å². The summed E-state index contributed by atoms with van der Waals surface area (Å²) in [5, 5.41) is 23.9. The number of carbonyl (C=O) groups excluding carboxylic acids is 1. The largest absolute Gasteiger partial charge is 0.489 e. The Kier molecular flexibility index (Phi) is 8.35. The highest BCUT2D eigenvalue weighted by molar-refractivity contribution is 7.15.